The number of allylic oxidation sites excluding steroid dienone is 4. The minimum absolute atomic E-state index is 0.383. The van der Waals surface area contributed by atoms with Crippen LogP contribution in [0.25, 0.3) is 0 Å². The Morgan fingerprint density at radius 1 is 1.62 bits per heavy atom. The third-order valence-electron chi connectivity index (χ3n) is 1.72. The van der Waals surface area contributed by atoms with Crippen molar-refractivity contribution in [2.24, 2.45) is 0 Å². The van der Waals surface area contributed by atoms with Crippen molar-refractivity contribution < 1.29 is 0 Å². The van der Waals surface area contributed by atoms with Crippen LogP contribution in [0.2, 0.25) is 1.89 Å². The molecule has 0 amide bonds. The van der Waals surface area contributed by atoms with Crippen LogP contribution in [-0.4, -0.2) is 41.0 Å². The summed E-state index contributed by atoms with van der Waals surface area (Å²) in [6, 6.07) is 0. The van der Waals surface area contributed by atoms with Crippen molar-refractivity contribution in [3.8, 4) is 0 Å². The molecular weight excluding hydrogens is 172 g/mol. The van der Waals surface area contributed by atoms with Crippen molar-refractivity contribution in [3.05, 3.63) is 18.3 Å². The number of hydrogen-bond acceptors (Lipinski definition) is 0. The van der Waals surface area contributed by atoms with E-state index in [-0.39, 0.29) is 41.0 Å². The zero-order valence-electron chi connectivity index (χ0n) is 5.57. The van der Waals surface area contributed by atoms with Crippen LogP contribution in [-0.2, 0) is 0 Å². The molecule has 40 valence electrons. The van der Waals surface area contributed by atoms with Crippen molar-refractivity contribution >= 4 is 41.0 Å². The van der Waals surface area contributed by atoms with Crippen molar-refractivity contribution in [1.82, 2.24) is 0 Å². The Hall–Kier alpha value is 0.961. The summed E-state index contributed by atoms with van der Waals surface area (Å²) in [5, 5.41) is 0. The van der Waals surface area contributed by atoms with E-state index in [1.165, 1.54) is 6.42 Å². The zero-order chi connectivity index (χ0) is 5.98. The van der Waals surface area contributed by atoms with Gasteiger partial charge in [0.1, 0.15) is 0 Å². The fraction of sp³-hybridized carbons (Fsp3) is 0.429. The molecule has 0 aromatic rings. The second-order valence-corrected chi connectivity index (χ2v) is 6.08. The molecule has 1 heteroatoms. The van der Waals surface area contributed by atoms with Gasteiger partial charge in [0.05, 0.1) is 0 Å². The summed E-state index contributed by atoms with van der Waals surface area (Å²) in [6.45, 7) is 2.24. The Balaban J connectivity index is 2.68. The van der Waals surface area contributed by atoms with Crippen molar-refractivity contribution in [2.75, 3.05) is 0 Å². The van der Waals surface area contributed by atoms with Crippen LogP contribution in [0.1, 0.15) is 13.3 Å². The molecule has 0 unspecified atom stereocenters. The van der Waals surface area contributed by atoms with Gasteiger partial charge in [0.2, 0.25) is 0 Å². The molecule has 0 aromatic carbocycles. The van der Waals surface area contributed by atoms with E-state index in [0.717, 1.165) is 0 Å². The van der Waals surface area contributed by atoms with E-state index in [2.05, 4.69) is 21.0 Å². The van der Waals surface area contributed by atoms with Gasteiger partial charge in [-0.2, -0.15) is 0 Å². The van der Waals surface area contributed by atoms with Crippen LogP contribution in [0.3, 0.4) is 0 Å². The van der Waals surface area contributed by atoms with Crippen LogP contribution in [0.5, 0.6) is 0 Å². The Bertz CT molecular complexity index is 142. The quantitative estimate of drug-likeness (QED) is 0.543. The van der Waals surface area contributed by atoms with E-state index in [4.69, 9.17) is 0 Å². The molecule has 0 fully saturated rings. The molecule has 0 heterocycles. The summed E-state index contributed by atoms with van der Waals surface area (Å²) in [4.78, 5) is 0. The van der Waals surface area contributed by atoms with Crippen LogP contribution in [0.4, 0.5) is 0 Å². The third-order valence-corrected chi connectivity index (χ3v) is 5.89. The number of rotatable bonds is 1. The molecule has 1 rings (SSSR count). The summed E-state index contributed by atoms with van der Waals surface area (Å²) >= 11 is -0.383. The van der Waals surface area contributed by atoms with Gasteiger partial charge in [-0.15, -0.1) is 0 Å². The molecule has 0 bridgehead atoms. The summed E-state index contributed by atoms with van der Waals surface area (Å²) in [5.41, 5.74) is 1.57. The molecule has 0 N–H and O–H groups in total. The third kappa shape index (κ3) is 1.47. The number of hydrogen-bond donors (Lipinski definition) is 0. The first-order chi connectivity index (χ1) is 3.84. The molecule has 0 saturated heterocycles. The van der Waals surface area contributed by atoms with Gasteiger partial charge in [-0.3, -0.25) is 0 Å². The van der Waals surface area contributed by atoms with Gasteiger partial charge in [-0.05, 0) is 0 Å². The van der Waals surface area contributed by atoms with E-state index in [9.17, 15) is 0 Å². The van der Waals surface area contributed by atoms with E-state index in [0.29, 0.717) is 0 Å². The van der Waals surface area contributed by atoms with Gasteiger partial charge >= 0.3 is 74.5 Å². The SMILES string of the molecule is [CH3][Sr][C]1=C(C)C=CC1. The van der Waals surface area contributed by atoms with Gasteiger partial charge in [0.15, 0.2) is 0 Å². The minimum atomic E-state index is -0.383. The van der Waals surface area contributed by atoms with Crippen LogP contribution >= 0.6 is 0 Å². The van der Waals surface area contributed by atoms with Crippen molar-refractivity contribution in [1.29, 1.82) is 0 Å². The second kappa shape index (κ2) is 3.21. The fourth-order valence-corrected chi connectivity index (χ4v) is 3.86. The molecule has 1 aliphatic rings. The first-order valence-corrected chi connectivity index (χ1v) is 8.41. The van der Waals surface area contributed by atoms with Gasteiger partial charge in [-0.1, -0.05) is 0 Å². The maximum atomic E-state index is 2.42. The van der Waals surface area contributed by atoms with E-state index < -0.39 is 0 Å². The van der Waals surface area contributed by atoms with Crippen LogP contribution < -0.4 is 0 Å². The second-order valence-electron chi connectivity index (χ2n) is 2.25. The van der Waals surface area contributed by atoms with Gasteiger partial charge < -0.3 is 0 Å². The molecule has 0 spiro atoms. The van der Waals surface area contributed by atoms with E-state index >= 15 is 0 Å². The van der Waals surface area contributed by atoms with Gasteiger partial charge in [0.25, 0.3) is 0 Å². The Labute approximate surface area is 73.4 Å². The molecule has 0 aromatic heterocycles. The van der Waals surface area contributed by atoms with E-state index in [1.807, 2.05) is 0.544 Å². The average molecular weight is 182 g/mol. The monoisotopic (exact) mass is 182 g/mol. The molecule has 1 aliphatic carbocycles. The van der Waals surface area contributed by atoms with Crippen LogP contribution in [0, 0.1) is 0 Å². The fourth-order valence-electron chi connectivity index (χ4n) is 1.08. The summed E-state index contributed by atoms with van der Waals surface area (Å²) in [5.74, 6) is 0. The predicted octanol–water partition coefficient (Wildman–Crippen LogP) is 1.97. The normalized spacial score (nSPS) is 17.2. The van der Waals surface area contributed by atoms with E-state index in [1.54, 1.807) is 5.57 Å². The summed E-state index contributed by atoms with van der Waals surface area (Å²) in [7, 11) is 0. The standard InChI is InChI=1S/C6H7.CH3.Sr/c1-6-4-2-3-5-6;;/h2,4H,3H2,1H3;1H3;. The molecule has 0 radical (unpaired) electrons. The summed E-state index contributed by atoms with van der Waals surface area (Å²) < 4.78 is 4.24. The maximum absolute atomic E-state index is 2.42. The zero-order valence-corrected chi connectivity index (χ0v) is 9.05. The molecular formula is C7H10Sr. The molecule has 8 heavy (non-hydrogen) atoms. The molecule has 0 nitrogen and oxygen atoms in total. The van der Waals surface area contributed by atoms with Crippen molar-refractivity contribution in [3.63, 3.8) is 0 Å². The molecule has 0 aliphatic heterocycles. The Morgan fingerprint density at radius 2 is 2.38 bits per heavy atom. The summed E-state index contributed by atoms with van der Waals surface area (Å²) in [6.07, 6.45) is 5.83. The predicted molar refractivity (Wildman–Crippen MR) is 38.1 cm³/mol. The molecule has 0 atom stereocenters. The topological polar surface area (TPSA) is 0 Å². The van der Waals surface area contributed by atoms with Crippen molar-refractivity contribution in [2.45, 2.75) is 15.2 Å². The molecule has 0 saturated carbocycles. The van der Waals surface area contributed by atoms with Gasteiger partial charge in [-0.25, -0.2) is 0 Å². The van der Waals surface area contributed by atoms with Crippen LogP contribution in [0.15, 0.2) is 18.3 Å². The average Bonchev–Trinajstić information content (AvgIpc) is 2.14. The first-order valence-electron chi connectivity index (χ1n) is 3.19. The van der Waals surface area contributed by atoms with Gasteiger partial charge in [0, 0.05) is 0 Å². The Morgan fingerprint density at radius 3 is 2.62 bits per heavy atom. The first kappa shape index (κ1) is 7.07. The Kier molecular flexibility index (Phi) is 2.84.